The van der Waals surface area contributed by atoms with Crippen molar-refractivity contribution in [1.82, 2.24) is 19.2 Å². The zero-order valence-corrected chi connectivity index (χ0v) is 17.3. The first kappa shape index (κ1) is 19.6. The van der Waals surface area contributed by atoms with Gasteiger partial charge in [-0.05, 0) is 42.0 Å². The van der Waals surface area contributed by atoms with Crippen LogP contribution in [0.5, 0.6) is 5.75 Å². The van der Waals surface area contributed by atoms with Crippen LogP contribution in [0.3, 0.4) is 0 Å². The molecule has 0 aliphatic carbocycles. The Labute approximate surface area is 184 Å². The number of aromatic nitrogens is 4. The summed E-state index contributed by atoms with van der Waals surface area (Å²) in [5.41, 5.74) is 3.98. The summed E-state index contributed by atoms with van der Waals surface area (Å²) in [7, 11) is 0. The molecular weight excluding hydrogens is 402 g/mol. The number of amides is 1. The monoisotopic (exact) mass is 423 g/mol. The number of anilines is 1. The van der Waals surface area contributed by atoms with Crippen LogP contribution in [0.1, 0.15) is 21.6 Å². The molecule has 7 heteroatoms. The van der Waals surface area contributed by atoms with Crippen molar-refractivity contribution in [3.05, 3.63) is 114 Å². The second kappa shape index (κ2) is 8.77. The van der Waals surface area contributed by atoms with E-state index in [4.69, 9.17) is 4.74 Å². The van der Waals surface area contributed by atoms with Crippen LogP contribution < -0.4 is 10.1 Å². The number of fused-ring (bicyclic) bond motifs is 1. The SMILES string of the molecule is O=C(Nc1cnn(Cc2cn3ccccc3n2)c1)c1ccc(COc2ccccc2)cc1. The van der Waals surface area contributed by atoms with E-state index in [0.717, 1.165) is 22.7 Å². The summed E-state index contributed by atoms with van der Waals surface area (Å²) < 4.78 is 9.46. The maximum absolute atomic E-state index is 12.6. The van der Waals surface area contributed by atoms with Gasteiger partial charge in [0, 0.05) is 24.2 Å². The van der Waals surface area contributed by atoms with Gasteiger partial charge >= 0.3 is 0 Å². The molecule has 0 unspecified atom stereocenters. The van der Waals surface area contributed by atoms with Crippen molar-refractivity contribution in [2.75, 3.05) is 5.32 Å². The number of nitrogens with one attached hydrogen (secondary N) is 1. The Kier molecular flexibility index (Phi) is 5.36. The van der Waals surface area contributed by atoms with Crippen molar-refractivity contribution in [3.63, 3.8) is 0 Å². The van der Waals surface area contributed by atoms with Gasteiger partial charge in [-0.15, -0.1) is 0 Å². The lowest BCUT2D eigenvalue weighted by atomic mass is 10.1. The first-order valence-corrected chi connectivity index (χ1v) is 10.3. The van der Waals surface area contributed by atoms with Gasteiger partial charge in [0.15, 0.2) is 0 Å². The topological polar surface area (TPSA) is 73.5 Å². The maximum atomic E-state index is 12.6. The van der Waals surface area contributed by atoms with Crippen LogP contribution in [-0.2, 0) is 13.2 Å². The number of imidazole rings is 1. The molecule has 1 amide bonds. The standard InChI is InChI=1S/C25H21N5O2/c31-25(20-11-9-19(10-12-20)18-32-23-6-2-1-3-7-23)28-21-14-26-30(16-21)17-22-15-29-13-5-4-8-24(29)27-22/h1-16H,17-18H2,(H,28,31). The zero-order chi connectivity index (χ0) is 21.8. The predicted molar refractivity (Wildman–Crippen MR) is 122 cm³/mol. The second-order valence-corrected chi connectivity index (χ2v) is 7.38. The van der Waals surface area contributed by atoms with Gasteiger partial charge in [-0.25, -0.2) is 4.98 Å². The third-order valence-electron chi connectivity index (χ3n) is 4.99. The number of para-hydroxylation sites is 1. The molecular formula is C25H21N5O2. The van der Waals surface area contributed by atoms with Gasteiger partial charge in [0.2, 0.25) is 0 Å². The smallest absolute Gasteiger partial charge is 0.255 e. The fourth-order valence-electron chi connectivity index (χ4n) is 3.38. The van der Waals surface area contributed by atoms with Crippen LogP contribution in [0.25, 0.3) is 5.65 Å². The number of carbonyl (C=O) groups excluding carboxylic acids is 1. The summed E-state index contributed by atoms with van der Waals surface area (Å²) in [6, 6.07) is 22.9. The van der Waals surface area contributed by atoms with Crippen LogP contribution in [0.2, 0.25) is 0 Å². The third kappa shape index (κ3) is 4.52. The van der Waals surface area contributed by atoms with Gasteiger partial charge in [0.05, 0.1) is 24.1 Å². The molecule has 0 aliphatic rings. The fourth-order valence-corrected chi connectivity index (χ4v) is 3.38. The zero-order valence-electron chi connectivity index (χ0n) is 17.3. The third-order valence-corrected chi connectivity index (χ3v) is 4.99. The molecule has 0 aliphatic heterocycles. The number of hydrogen-bond donors (Lipinski definition) is 1. The highest BCUT2D eigenvalue weighted by molar-refractivity contribution is 6.04. The van der Waals surface area contributed by atoms with E-state index in [1.54, 1.807) is 29.2 Å². The van der Waals surface area contributed by atoms with E-state index >= 15 is 0 Å². The van der Waals surface area contributed by atoms with Gasteiger partial charge in [0.25, 0.3) is 5.91 Å². The molecule has 0 spiro atoms. The molecule has 5 aromatic rings. The number of rotatable bonds is 7. The van der Waals surface area contributed by atoms with E-state index in [9.17, 15) is 4.79 Å². The van der Waals surface area contributed by atoms with E-state index in [-0.39, 0.29) is 5.91 Å². The van der Waals surface area contributed by atoms with Crippen LogP contribution >= 0.6 is 0 Å². The number of pyridine rings is 1. The Morgan fingerprint density at radius 3 is 2.56 bits per heavy atom. The maximum Gasteiger partial charge on any atom is 0.255 e. The fraction of sp³-hybridized carbons (Fsp3) is 0.0800. The van der Waals surface area contributed by atoms with E-state index in [1.165, 1.54) is 0 Å². The van der Waals surface area contributed by atoms with Crippen molar-refractivity contribution in [1.29, 1.82) is 0 Å². The van der Waals surface area contributed by atoms with Crippen LogP contribution in [0.4, 0.5) is 5.69 Å². The van der Waals surface area contributed by atoms with Gasteiger partial charge in [0.1, 0.15) is 18.0 Å². The van der Waals surface area contributed by atoms with E-state index < -0.39 is 0 Å². The first-order chi connectivity index (χ1) is 15.7. The highest BCUT2D eigenvalue weighted by Gasteiger charge is 2.09. The molecule has 0 saturated carbocycles. The minimum absolute atomic E-state index is 0.187. The van der Waals surface area contributed by atoms with Crippen LogP contribution in [-0.4, -0.2) is 25.1 Å². The molecule has 7 nitrogen and oxygen atoms in total. The molecule has 0 fully saturated rings. The summed E-state index contributed by atoms with van der Waals surface area (Å²) in [5.74, 6) is 0.628. The molecule has 2 aromatic carbocycles. The van der Waals surface area contributed by atoms with Crippen molar-refractivity contribution >= 4 is 17.2 Å². The average molecular weight is 423 g/mol. The Morgan fingerprint density at radius 1 is 0.938 bits per heavy atom. The largest absolute Gasteiger partial charge is 0.489 e. The van der Waals surface area contributed by atoms with Gasteiger partial charge < -0.3 is 14.5 Å². The quantitative estimate of drug-likeness (QED) is 0.421. The molecule has 1 N–H and O–H groups in total. The van der Waals surface area contributed by atoms with Crippen molar-refractivity contribution in [2.24, 2.45) is 0 Å². The molecule has 3 aromatic heterocycles. The second-order valence-electron chi connectivity index (χ2n) is 7.38. The van der Waals surface area contributed by atoms with Crippen molar-refractivity contribution < 1.29 is 9.53 Å². The number of carbonyl (C=O) groups is 1. The highest BCUT2D eigenvalue weighted by Crippen LogP contribution is 2.14. The Morgan fingerprint density at radius 2 is 1.75 bits per heavy atom. The van der Waals surface area contributed by atoms with E-state index in [1.807, 2.05) is 77.5 Å². The number of nitrogens with zero attached hydrogens (tertiary/aromatic N) is 4. The van der Waals surface area contributed by atoms with Crippen LogP contribution in [0, 0.1) is 0 Å². The van der Waals surface area contributed by atoms with Crippen LogP contribution in [0.15, 0.2) is 97.6 Å². The Bertz CT molecular complexity index is 1310. The lowest BCUT2D eigenvalue weighted by Gasteiger charge is -2.07. The van der Waals surface area contributed by atoms with Gasteiger partial charge in [-0.1, -0.05) is 36.4 Å². The highest BCUT2D eigenvalue weighted by atomic mass is 16.5. The van der Waals surface area contributed by atoms with Gasteiger partial charge in [-0.2, -0.15) is 5.10 Å². The molecule has 0 saturated heterocycles. The summed E-state index contributed by atoms with van der Waals surface area (Å²) in [5, 5.41) is 7.22. The number of ether oxygens (including phenoxy) is 1. The normalized spacial score (nSPS) is 10.9. The minimum Gasteiger partial charge on any atom is -0.489 e. The molecule has 32 heavy (non-hydrogen) atoms. The first-order valence-electron chi connectivity index (χ1n) is 10.3. The molecule has 0 radical (unpaired) electrons. The van der Waals surface area contributed by atoms with E-state index in [2.05, 4.69) is 15.4 Å². The van der Waals surface area contributed by atoms with Crippen molar-refractivity contribution in [3.8, 4) is 5.75 Å². The summed E-state index contributed by atoms with van der Waals surface area (Å²) in [4.78, 5) is 17.2. The minimum atomic E-state index is -0.187. The Hall–Kier alpha value is -4.39. The molecule has 0 bridgehead atoms. The Balaban J connectivity index is 1.18. The summed E-state index contributed by atoms with van der Waals surface area (Å²) >= 11 is 0. The molecule has 3 heterocycles. The summed E-state index contributed by atoms with van der Waals surface area (Å²) in [6.07, 6.45) is 7.36. The summed E-state index contributed by atoms with van der Waals surface area (Å²) in [6.45, 7) is 0.968. The van der Waals surface area contributed by atoms with Crippen molar-refractivity contribution in [2.45, 2.75) is 13.2 Å². The predicted octanol–water partition coefficient (Wildman–Crippen LogP) is 4.41. The lowest BCUT2D eigenvalue weighted by Crippen LogP contribution is -2.11. The lowest BCUT2D eigenvalue weighted by molar-refractivity contribution is 0.102. The van der Waals surface area contributed by atoms with E-state index in [0.29, 0.717) is 24.4 Å². The molecule has 0 atom stereocenters. The molecule has 158 valence electrons. The van der Waals surface area contributed by atoms with Gasteiger partial charge in [-0.3, -0.25) is 9.48 Å². The number of hydrogen-bond acceptors (Lipinski definition) is 4. The number of benzene rings is 2. The molecule has 5 rings (SSSR count). The average Bonchev–Trinajstić information content (AvgIpc) is 3.45.